The summed E-state index contributed by atoms with van der Waals surface area (Å²) in [6.07, 6.45) is -2.95. The van der Waals surface area contributed by atoms with E-state index >= 15 is 0 Å². The van der Waals surface area contributed by atoms with Gasteiger partial charge in [0, 0.05) is 17.7 Å². The quantitative estimate of drug-likeness (QED) is 0.161. The number of rotatable bonds is 10. The number of esters is 1. The lowest BCUT2D eigenvalue weighted by Crippen LogP contribution is -2.37. The van der Waals surface area contributed by atoms with Gasteiger partial charge in [-0.3, -0.25) is 29.8 Å². The van der Waals surface area contributed by atoms with Crippen molar-refractivity contribution >= 4 is 35.6 Å². The Bertz CT molecular complexity index is 1900. The van der Waals surface area contributed by atoms with Crippen molar-refractivity contribution in [3.05, 3.63) is 95.1 Å². The molecule has 3 N–H and O–H groups in total. The summed E-state index contributed by atoms with van der Waals surface area (Å²) in [5, 5.41) is 12.4. The zero-order chi connectivity index (χ0) is 36.9. The van der Waals surface area contributed by atoms with Crippen LogP contribution in [0.15, 0.2) is 72.8 Å². The Morgan fingerprint density at radius 3 is 2.18 bits per heavy atom. The number of hydrogen-bond acceptors (Lipinski definition) is 8. The molecule has 0 bridgehead atoms. The zero-order valence-electron chi connectivity index (χ0n) is 28.3. The molecule has 12 nitrogen and oxygen atoms in total. The molecule has 1 aromatic heterocycles. The van der Waals surface area contributed by atoms with Crippen LogP contribution in [0, 0.1) is 18.8 Å². The molecule has 268 valence electrons. The van der Waals surface area contributed by atoms with Gasteiger partial charge in [0.2, 0.25) is 11.9 Å². The first-order valence-corrected chi connectivity index (χ1v) is 16.2. The predicted molar refractivity (Wildman–Crippen MR) is 180 cm³/mol. The molecular formula is C36H37F3N6O6. The molecule has 0 aliphatic heterocycles. The second-order valence-electron chi connectivity index (χ2n) is 13.0. The fourth-order valence-corrected chi connectivity index (χ4v) is 5.61. The van der Waals surface area contributed by atoms with Crippen molar-refractivity contribution < 1.29 is 41.8 Å². The van der Waals surface area contributed by atoms with Crippen LogP contribution in [0.5, 0.6) is 5.75 Å². The van der Waals surface area contributed by atoms with E-state index in [9.17, 15) is 32.3 Å². The fraction of sp³-hybridized carbons (Fsp3) is 0.333. The lowest BCUT2D eigenvalue weighted by atomic mass is 9.95. The number of carbonyl (C=O) groups is 4. The summed E-state index contributed by atoms with van der Waals surface area (Å²) in [7, 11) is 0. The molecule has 4 aromatic rings. The number of amides is 3. The molecule has 1 aliphatic carbocycles. The average Bonchev–Trinajstić information content (AvgIpc) is 3.71. The van der Waals surface area contributed by atoms with Crippen LogP contribution in [-0.4, -0.2) is 50.4 Å². The highest BCUT2D eigenvalue weighted by Gasteiger charge is 2.40. The highest BCUT2D eigenvalue weighted by atomic mass is 19.4. The van der Waals surface area contributed by atoms with Crippen molar-refractivity contribution in [2.24, 2.45) is 11.8 Å². The Kier molecular flexibility index (Phi) is 10.8. The Balaban J connectivity index is 1.26. The SMILES string of the molecule is Cc1ccccc1C(=O)Nc1nc(NC(=O)c2ccc(CNC(=O)[C@@H]3CCCC3C(=O)OC(C)(C)C)cc2)nn1-c1ccc(OC(F)(F)F)cc1. The Morgan fingerprint density at radius 2 is 1.53 bits per heavy atom. The standard InChI is InChI=1S/C36H37F3N6O6/c1-21-8-5-6-9-26(21)31(48)42-34-43-33(44-45(34)24-16-18-25(19-17-24)50-36(37,38)39)41-29(46)23-14-12-22(13-15-23)20-40-30(47)27-10-7-11-28(27)32(49)51-35(2,3)4/h5-6,8-9,12-19,27-28H,7,10-11,20H2,1-4H3,(H,40,47)(H2,41,42,43,44,46,48)/t27-,28?/m1/s1. The first kappa shape index (κ1) is 36.5. The molecule has 1 unspecified atom stereocenters. The van der Waals surface area contributed by atoms with Crippen molar-refractivity contribution in [2.45, 2.75) is 65.5 Å². The monoisotopic (exact) mass is 706 g/mol. The van der Waals surface area contributed by atoms with Gasteiger partial charge in [0.25, 0.3) is 17.8 Å². The van der Waals surface area contributed by atoms with Crippen molar-refractivity contribution in [2.75, 3.05) is 10.6 Å². The van der Waals surface area contributed by atoms with E-state index in [1.54, 1.807) is 76.2 Å². The molecule has 5 rings (SSSR count). The van der Waals surface area contributed by atoms with Crippen LogP contribution in [-0.2, 0) is 20.9 Å². The van der Waals surface area contributed by atoms with E-state index in [1.165, 1.54) is 12.1 Å². The molecule has 3 amide bonds. The number of halogens is 3. The minimum atomic E-state index is -4.88. The van der Waals surface area contributed by atoms with Crippen molar-refractivity contribution in [3.63, 3.8) is 0 Å². The zero-order valence-corrected chi connectivity index (χ0v) is 28.3. The maximum absolute atomic E-state index is 13.2. The number of hydrogen-bond donors (Lipinski definition) is 3. The second kappa shape index (κ2) is 15.0. The number of ether oxygens (including phenoxy) is 2. The topological polar surface area (TPSA) is 154 Å². The smallest absolute Gasteiger partial charge is 0.460 e. The molecule has 2 atom stereocenters. The highest BCUT2D eigenvalue weighted by molar-refractivity contribution is 6.05. The second-order valence-corrected chi connectivity index (χ2v) is 13.0. The van der Waals surface area contributed by atoms with Gasteiger partial charge < -0.3 is 14.8 Å². The molecule has 51 heavy (non-hydrogen) atoms. The van der Waals surface area contributed by atoms with Crippen LogP contribution >= 0.6 is 0 Å². The minimum absolute atomic E-state index is 0.106. The number of alkyl halides is 3. The average molecular weight is 707 g/mol. The normalized spacial score (nSPS) is 15.9. The summed E-state index contributed by atoms with van der Waals surface area (Å²) in [5.74, 6) is -3.44. The first-order valence-electron chi connectivity index (χ1n) is 16.2. The van der Waals surface area contributed by atoms with E-state index in [0.29, 0.717) is 29.5 Å². The Hall–Kier alpha value is -5.73. The highest BCUT2D eigenvalue weighted by Crippen LogP contribution is 2.34. The Morgan fingerprint density at radius 1 is 0.863 bits per heavy atom. The number of aryl methyl sites for hydroxylation is 1. The van der Waals surface area contributed by atoms with E-state index in [-0.39, 0.29) is 41.6 Å². The molecule has 1 fully saturated rings. The number of benzene rings is 3. The van der Waals surface area contributed by atoms with Gasteiger partial charge in [-0.1, -0.05) is 36.8 Å². The van der Waals surface area contributed by atoms with E-state index in [4.69, 9.17) is 4.74 Å². The summed E-state index contributed by atoms with van der Waals surface area (Å²) in [6.45, 7) is 7.29. The van der Waals surface area contributed by atoms with Gasteiger partial charge in [0.1, 0.15) is 11.4 Å². The van der Waals surface area contributed by atoms with Crippen LogP contribution in [0.25, 0.3) is 5.69 Å². The van der Waals surface area contributed by atoms with Gasteiger partial charge >= 0.3 is 12.3 Å². The van der Waals surface area contributed by atoms with Gasteiger partial charge in [-0.2, -0.15) is 9.67 Å². The molecular weight excluding hydrogens is 669 g/mol. The lowest BCUT2D eigenvalue weighted by molar-refractivity contribution is -0.274. The summed E-state index contributed by atoms with van der Waals surface area (Å²) in [6, 6.07) is 18.0. The summed E-state index contributed by atoms with van der Waals surface area (Å²) in [5.41, 5.74) is 1.58. The third kappa shape index (κ3) is 9.71. The van der Waals surface area contributed by atoms with Crippen LogP contribution < -0.4 is 20.7 Å². The van der Waals surface area contributed by atoms with E-state index in [1.807, 2.05) is 0 Å². The summed E-state index contributed by atoms with van der Waals surface area (Å²) in [4.78, 5) is 56.1. The predicted octanol–water partition coefficient (Wildman–Crippen LogP) is 6.35. The van der Waals surface area contributed by atoms with Crippen LogP contribution in [0.4, 0.5) is 25.1 Å². The molecule has 15 heteroatoms. The maximum atomic E-state index is 13.2. The third-order valence-corrected chi connectivity index (χ3v) is 8.01. The van der Waals surface area contributed by atoms with Crippen molar-refractivity contribution in [1.29, 1.82) is 0 Å². The first-order chi connectivity index (χ1) is 24.1. The van der Waals surface area contributed by atoms with Crippen LogP contribution in [0.2, 0.25) is 0 Å². The van der Waals surface area contributed by atoms with E-state index in [2.05, 4.69) is 30.8 Å². The fourth-order valence-electron chi connectivity index (χ4n) is 5.61. The molecule has 1 saturated carbocycles. The summed E-state index contributed by atoms with van der Waals surface area (Å²) < 4.78 is 48.7. The number of anilines is 2. The molecule has 0 radical (unpaired) electrons. The maximum Gasteiger partial charge on any atom is 0.573 e. The van der Waals surface area contributed by atoms with Crippen LogP contribution in [0.1, 0.15) is 71.9 Å². The number of carbonyl (C=O) groups excluding carboxylic acids is 4. The lowest BCUT2D eigenvalue weighted by Gasteiger charge is -2.24. The largest absolute Gasteiger partial charge is 0.573 e. The van der Waals surface area contributed by atoms with Crippen molar-refractivity contribution in [3.8, 4) is 11.4 Å². The molecule has 1 heterocycles. The van der Waals surface area contributed by atoms with Gasteiger partial charge in [0.15, 0.2) is 0 Å². The summed E-state index contributed by atoms with van der Waals surface area (Å²) >= 11 is 0. The Labute approximate surface area is 291 Å². The van der Waals surface area contributed by atoms with Gasteiger partial charge in [-0.15, -0.1) is 18.3 Å². The van der Waals surface area contributed by atoms with Gasteiger partial charge in [-0.05, 0) is 94.1 Å². The number of nitrogens with zero attached hydrogens (tertiary/aromatic N) is 3. The molecule has 0 saturated heterocycles. The van der Waals surface area contributed by atoms with E-state index < -0.39 is 41.4 Å². The molecule has 3 aromatic carbocycles. The van der Waals surface area contributed by atoms with Crippen molar-refractivity contribution in [1.82, 2.24) is 20.1 Å². The third-order valence-electron chi connectivity index (χ3n) is 8.01. The number of nitrogens with one attached hydrogen (secondary N) is 3. The van der Waals surface area contributed by atoms with Gasteiger partial charge in [-0.25, -0.2) is 0 Å². The van der Waals surface area contributed by atoms with Gasteiger partial charge in [0.05, 0.1) is 17.5 Å². The number of aromatic nitrogens is 3. The molecule has 1 aliphatic rings. The van der Waals surface area contributed by atoms with Crippen LogP contribution in [0.3, 0.4) is 0 Å². The minimum Gasteiger partial charge on any atom is -0.460 e. The molecule has 0 spiro atoms. The van der Waals surface area contributed by atoms with E-state index in [0.717, 1.165) is 23.2 Å².